The fourth-order valence-electron chi connectivity index (χ4n) is 4.75. The van der Waals surface area contributed by atoms with Gasteiger partial charge in [-0.25, -0.2) is 18.7 Å². The van der Waals surface area contributed by atoms with Crippen LogP contribution in [0.15, 0.2) is 60.0 Å². The number of anilines is 4. The lowest BCUT2D eigenvalue weighted by Crippen LogP contribution is -2.50. The summed E-state index contributed by atoms with van der Waals surface area (Å²) in [7, 11) is 0. The van der Waals surface area contributed by atoms with Gasteiger partial charge >= 0.3 is 0 Å². The molecule has 1 saturated heterocycles. The van der Waals surface area contributed by atoms with Crippen molar-refractivity contribution in [3.8, 4) is 11.4 Å². The number of carbonyl (C=O) groups excluding carboxylic acids is 1. The normalized spacial score (nSPS) is 14.2. The van der Waals surface area contributed by atoms with Crippen molar-refractivity contribution in [3.05, 3.63) is 77.2 Å². The van der Waals surface area contributed by atoms with Crippen LogP contribution in [-0.2, 0) is 4.79 Å². The van der Waals surface area contributed by atoms with Crippen LogP contribution in [0.4, 0.5) is 31.8 Å². The summed E-state index contributed by atoms with van der Waals surface area (Å²) in [5.74, 6) is -1.60. The molecule has 13 heteroatoms. The second kappa shape index (κ2) is 11.6. The van der Waals surface area contributed by atoms with Crippen LogP contribution in [0.1, 0.15) is 13.8 Å². The van der Waals surface area contributed by atoms with Crippen LogP contribution in [0.3, 0.4) is 0 Å². The molecule has 11 nitrogen and oxygen atoms in total. The molecule has 0 unspecified atom stereocenters. The maximum Gasteiger partial charge on any atom is 0.262 e. The number of fused-ring (bicyclic) bond motifs is 1. The fourth-order valence-corrected chi connectivity index (χ4v) is 4.75. The third-order valence-electron chi connectivity index (χ3n) is 6.66. The van der Waals surface area contributed by atoms with Gasteiger partial charge in [0.05, 0.1) is 17.0 Å². The molecule has 2 aromatic heterocycles. The van der Waals surface area contributed by atoms with E-state index in [0.29, 0.717) is 44.0 Å². The lowest BCUT2D eigenvalue weighted by Gasteiger charge is -2.38. The van der Waals surface area contributed by atoms with Crippen LogP contribution in [0, 0.1) is 11.6 Å². The Morgan fingerprint density at radius 3 is 2.62 bits per heavy atom. The molecule has 4 aromatic rings. The Morgan fingerprint density at radius 1 is 1.14 bits per heavy atom. The van der Waals surface area contributed by atoms with Crippen LogP contribution < -0.4 is 21.1 Å². The van der Waals surface area contributed by atoms with E-state index in [1.807, 2.05) is 0 Å². The number of halogens is 2. The van der Waals surface area contributed by atoms with Gasteiger partial charge in [0.15, 0.2) is 5.65 Å². The van der Waals surface area contributed by atoms with Gasteiger partial charge in [0.25, 0.3) is 5.56 Å². The Bertz CT molecular complexity index is 1710. The van der Waals surface area contributed by atoms with E-state index in [0.717, 1.165) is 18.2 Å². The molecular weight excluding hydrogens is 546 g/mol. The average Bonchev–Trinajstić information content (AvgIpc) is 2.94. The predicted molar refractivity (Wildman–Crippen MR) is 157 cm³/mol. The van der Waals surface area contributed by atoms with E-state index in [9.17, 15) is 14.7 Å². The number of benzene rings is 2. The Hall–Kier alpha value is -4.75. The number of H-pyrrole nitrogens is 1. The summed E-state index contributed by atoms with van der Waals surface area (Å²) >= 11 is 0. The van der Waals surface area contributed by atoms with Gasteiger partial charge < -0.3 is 25.6 Å². The molecule has 1 aliphatic heterocycles. The van der Waals surface area contributed by atoms with Crippen molar-refractivity contribution in [3.63, 3.8) is 0 Å². The summed E-state index contributed by atoms with van der Waals surface area (Å²) < 4.78 is 30.3. The molecular formula is C29H30F2N8O3. The monoisotopic (exact) mass is 576 g/mol. The van der Waals surface area contributed by atoms with Gasteiger partial charge in [-0.1, -0.05) is 18.7 Å². The number of nitrogens with zero attached hydrogens (tertiary/aromatic N) is 5. The largest absolute Gasteiger partial charge is 0.389 e. The number of β-amino-alcohol motifs (C(OH)–C–C–N with tert-alkyl or cyclic N) is 1. The van der Waals surface area contributed by atoms with E-state index in [1.54, 1.807) is 43.0 Å². The number of hydrogen-bond donors (Lipinski definition) is 4. The zero-order valence-corrected chi connectivity index (χ0v) is 23.1. The van der Waals surface area contributed by atoms with Gasteiger partial charge in [-0.05, 0) is 32.1 Å². The van der Waals surface area contributed by atoms with Crippen molar-refractivity contribution in [2.45, 2.75) is 19.4 Å². The molecule has 0 saturated carbocycles. The Morgan fingerprint density at radius 2 is 1.90 bits per heavy atom. The molecule has 5 rings (SSSR count). The summed E-state index contributed by atoms with van der Waals surface area (Å²) in [5, 5.41) is 15.5. The third kappa shape index (κ3) is 6.58. The van der Waals surface area contributed by atoms with E-state index < -0.39 is 28.7 Å². The first kappa shape index (κ1) is 28.8. The minimum absolute atomic E-state index is 0.0354. The highest BCUT2D eigenvalue weighted by atomic mass is 19.1. The van der Waals surface area contributed by atoms with Crippen molar-refractivity contribution in [1.82, 2.24) is 24.8 Å². The second-order valence-corrected chi connectivity index (χ2v) is 10.6. The zero-order valence-electron chi connectivity index (χ0n) is 23.1. The van der Waals surface area contributed by atoms with Crippen molar-refractivity contribution in [1.29, 1.82) is 0 Å². The average molecular weight is 577 g/mol. The van der Waals surface area contributed by atoms with E-state index >= 15 is 8.78 Å². The first-order chi connectivity index (χ1) is 20.0. The van der Waals surface area contributed by atoms with E-state index in [-0.39, 0.29) is 34.2 Å². The molecule has 0 spiro atoms. The van der Waals surface area contributed by atoms with E-state index in [4.69, 9.17) is 0 Å². The molecule has 1 fully saturated rings. The molecule has 0 aliphatic carbocycles. The number of amides is 1. The topological polar surface area (TPSA) is 139 Å². The van der Waals surface area contributed by atoms with Gasteiger partial charge in [-0.3, -0.25) is 14.5 Å². The lowest BCUT2D eigenvalue weighted by atomic mass is 10.1. The van der Waals surface area contributed by atoms with Crippen molar-refractivity contribution < 1.29 is 18.7 Å². The Balaban J connectivity index is 1.36. The molecule has 218 valence electrons. The number of aliphatic hydroxyl groups is 1. The first-order valence-electron chi connectivity index (χ1n) is 13.3. The maximum absolute atomic E-state index is 15.1. The van der Waals surface area contributed by atoms with Gasteiger partial charge in [0.2, 0.25) is 11.9 Å². The lowest BCUT2D eigenvalue weighted by molar-refractivity contribution is -0.111. The summed E-state index contributed by atoms with van der Waals surface area (Å²) in [5.41, 5.74) is -0.343. The minimum Gasteiger partial charge on any atom is -0.389 e. The highest BCUT2D eigenvalue weighted by molar-refractivity contribution is 5.99. The molecule has 2 aromatic carbocycles. The number of piperazine rings is 1. The quantitative estimate of drug-likeness (QED) is 0.232. The summed E-state index contributed by atoms with van der Waals surface area (Å²) in [6.45, 7) is 9.58. The van der Waals surface area contributed by atoms with Crippen molar-refractivity contribution in [2.24, 2.45) is 0 Å². The third-order valence-corrected chi connectivity index (χ3v) is 6.66. The van der Waals surface area contributed by atoms with Crippen LogP contribution >= 0.6 is 0 Å². The van der Waals surface area contributed by atoms with Crippen LogP contribution in [0.25, 0.3) is 22.4 Å². The van der Waals surface area contributed by atoms with Crippen LogP contribution in [-0.4, -0.2) is 74.2 Å². The molecule has 42 heavy (non-hydrogen) atoms. The summed E-state index contributed by atoms with van der Waals surface area (Å²) in [4.78, 5) is 43.6. The molecule has 3 heterocycles. The van der Waals surface area contributed by atoms with Gasteiger partial charge in [-0.2, -0.15) is 4.98 Å². The van der Waals surface area contributed by atoms with Crippen molar-refractivity contribution >= 4 is 40.0 Å². The Kier molecular flexibility index (Phi) is 7.96. The zero-order chi connectivity index (χ0) is 30.0. The number of hydrogen-bond acceptors (Lipinski definition) is 9. The van der Waals surface area contributed by atoms with Crippen molar-refractivity contribution in [2.75, 3.05) is 48.3 Å². The standard InChI is InChI=1S/C29H30F2N8O3/c1-4-24(40)33-18-7-5-6-17(12-18)25-35-26-19(27(41)36-25)15-32-28(37-26)34-22-13-21(31)23(14-20(22)30)39-10-8-38(9-11-39)16-29(2,3)42/h4-7,12-15,42H,1,8-11,16H2,2-3H3,(H,33,40)(H2,32,34,35,36,37,41). The molecule has 4 N–H and O–H groups in total. The van der Waals surface area contributed by atoms with E-state index in [1.165, 1.54) is 6.20 Å². The highest BCUT2D eigenvalue weighted by Gasteiger charge is 2.25. The van der Waals surface area contributed by atoms with Crippen LogP contribution in [0.2, 0.25) is 0 Å². The number of carbonyl (C=O) groups is 1. The summed E-state index contributed by atoms with van der Waals surface area (Å²) in [6, 6.07) is 8.84. The molecule has 1 aliphatic rings. The predicted octanol–water partition coefficient (Wildman–Crippen LogP) is 3.42. The number of aromatic nitrogens is 4. The molecule has 1 amide bonds. The fraction of sp³-hybridized carbons (Fsp3) is 0.276. The number of aromatic amines is 1. The highest BCUT2D eigenvalue weighted by Crippen LogP contribution is 2.29. The number of rotatable bonds is 8. The maximum atomic E-state index is 15.1. The smallest absolute Gasteiger partial charge is 0.262 e. The number of nitrogens with one attached hydrogen (secondary N) is 3. The van der Waals surface area contributed by atoms with Crippen LogP contribution in [0.5, 0.6) is 0 Å². The molecule has 0 bridgehead atoms. The minimum atomic E-state index is -0.836. The SMILES string of the molecule is C=CC(=O)Nc1cccc(-c2nc3nc(Nc4cc(F)c(N5CCN(CC(C)(C)O)CC5)cc4F)ncc3c(=O)[nH]2)c1. The summed E-state index contributed by atoms with van der Waals surface area (Å²) in [6.07, 6.45) is 2.38. The van der Waals surface area contributed by atoms with Gasteiger partial charge in [-0.15, -0.1) is 0 Å². The molecule has 0 atom stereocenters. The van der Waals surface area contributed by atoms with E-state index in [2.05, 4.69) is 42.0 Å². The Labute approximate surface area is 239 Å². The first-order valence-corrected chi connectivity index (χ1v) is 13.3. The van der Waals surface area contributed by atoms with Gasteiger partial charge in [0.1, 0.15) is 22.8 Å². The molecule has 0 radical (unpaired) electrons. The second-order valence-electron chi connectivity index (χ2n) is 10.6. The van der Waals surface area contributed by atoms with Gasteiger partial charge in [0, 0.05) is 62.3 Å².